The van der Waals surface area contributed by atoms with E-state index in [0.29, 0.717) is 12.3 Å². The van der Waals surface area contributed by atoms with Crippen molar-refractivity contribution in [2.45, 2.75) is 11.7 Å². The summed E-state index contributed by atoms with van der Waals surface area (Å²) in [6.45, 7) is 0.539. The zero-order valence-electron chi connectivity index (χ0n) is 14.9. The van der Waals surface area contributed by atoms with Gasteiger partial charge in [0.25, 0.3) is 0 Å². The largest absolute Gasteiger partial charge is 0.426 e. The monoisotopic (exact) mass is 392 g/mol. The van der Waals surface area contributed by atoms with Crippen molar-refractivity contribution in [3.05, 3.63) is 90.2 Å². The maximum atomic E-state index is 13.2. The number of benzene rings is 3. The number of aromatic nitrogens is 2. The van der Waals surface area contributed by atoms with Crippen LogP contribution >= 0.6 is 11.8 Å². The Morgan fingerprint density at radius 1 is 0.964 bits per heavy atom. The number of nitrogens with zero attached hydrogens (tertiary/aromatic N) is 2. The van der Waals surface area contributed by atoms with Gasteiger partial charge >= 0.3 is 5.97 Å². The number of fused-ring (bicyclic) bond motifs is 1. The number of thioether (sulfide) groups is 1. The third-order valence-electron chi connectivity index (χ3n) is 4.17. The van der Waals surface area contributed by atoms with E-state index >= 15 is 0 Å². The third-order valence-corrected chi connectivity index (χ3v) is 5.12. The van der Waals surface area contributed by atoms with Gasteiger partial charge in [-0.05, 0) is 42.0 Å². The van der Waals surface area contributed by atoms with E-state index in [0.717, 1.165) is 21.8 Å². The molecule has 6 heteroatoms. The summed E-state index contributed by atoms with van der Waals surface area (Å²) in [4.78, 5) is 16.8. The molecule has 0 saturated carbocycles. The molecule has 1 heterocycles. The van der Waals surface area contributed by atoms with E-state index in [2.05, 4.69) is 4.98 Å². The van der Waals surface area contributed by atoms with Gasteiger partial charge in [-0.25, -0.2) is 9.37 Å². The molecular formula is C22H17FN2O2S. The van der Waals surface area contributed by atoms with Gasteiger partial charge in [0.1, 0.15) is 11.6 Å². The van der Waals surface area contributed by atoms with Gasteiger partial charge in [0.2, 0.25) is 0 Å². The molecule has 4 rings (SSSR count). The van der Waals surface area contributed by atoms with E-state index < -0.39 is 0 Å². The van der Waals surface area contributed by atoms with Crippen LogP contribution in [0.15, 0.2) is 84.0 Å². The summed E-state index contributed by atoms with van der Waals surface area (Å²) in [6.07, 6.45) is 0. The topological polar surface area (TPSA) is 44.1 Å². The first kappa shape index (κ1) is 18.3. The Balaban J connectivity index is 1.54. The number of para-hydroxylation sites is 3. The number of hydrogen-bond donors (Lipinski definition) is 0. The van der Waals surface area contributed by atoms with Crippen LogP contribution in [0.1, 0.15) is 5.56 Å². The van der Waals surface area contributed by atoms with Crippen LogP contribution in [0.5, 0.6) is 5.75 Å². The zero-order valence-corrected chi connectivity index (χ0v) is 15.7. The number of halogens is 1. The quantitative estimate of drug-likeness (QED) is 0.265. The van der Waals surface area contributed by atoms with Gasteiger partial charge in [0, 0.05) is 0 Å². The lowest BCUT2D eigenvalue weighted by Crippen LogP contribution is -2.11. The predicted molar refractivity (Wildman–Crippen MR) is 108 cm³/mol. The Labute approximate surface area is 166 Å². The number of imidazole rings is 1. The van der Waals surface area contributed by atoms with Gasteiger partial charge in [-0.1, -0.05) is 54.2 Å². The molecule has 140 valence electrons. The van der Waals surface area contributed by atoms with Crippen molar-refractivity contribution in [2.75, 3.05) is 5.75 Å². The minimum Gasteiger partial charge on any atom is -0.426 e. The van der Waals surface area contributed by atoms with Crippen LogP contribution in [-0.2, 0) is 11.3 Å². The minimum atomic E-state index is -0.336. The van der Waals surface area contributed by atoms with Gasteiger partial charge in [0.05, 0.1) is 23.3 Å². The second kappa shape index (κ2) is 8.27. The summed E-state index contributed by atoms with van der Waals surface area (Å²) >= 11 is 1.33. The average Bonchev–Trinajstić information content (AvgIpc) is 3.06. The van der Waals surface area contributed by atoms with E-state index in [9.17, 15) is 9.18 Å². The predicted octanol–water partition coefficient (Wildman–Crippen LogP) is 4.92. The molecule has 0 aliphatic rings. The average molecular weight is 392 g/mol. The Kier molecular flexibility index (Phi) is 5.39. The van der Waals surface area contributed by atoms with Crippen molar-refractivity contribution in [2.24, 2.45) is 0 Å². The number of carbonyl (C=O) groups is 1. The standard InChI is InChI=1S/C22H17FN2O2S/c23-17-12-10-16(11-13-17)14-25-20-9-5-4-8-19(20)24-22(25)28-15-21(26)27-18-6-2-1-3-7-18/h1-13H,14-15H2. The van der Waals surface area contributed by atoms with Crippen molar-refractivity contribution < 1.29 is 13.9 Å². The Bertz CT molecular complexity index is 1090. The summed E-state index contributed by atoms with van der Waals surface area (Å²) in [6, 6.07) is 23.2. The molecule has 0 aliphatic carbocycles. The van der Waals surface area contributed by atoms with Crippen molar-refractivity contribution in [3.8, 4) is 5.75 Å². The number of ether oxygens (including phenoxy) is 1. The Hall–Kier alpha value is -3.12. The SMILES string of the molecule is O=C(CSc1nc2ccccc2n1Cc1ccc(F)cc1)Oc1ccccc1. The Morgan fingerprint density at radius 2 is 1.68 bits per heavy atom. The Morgan fingerprint density at radius 3 is 2.46 bits per heavy atom. The first-order valence-electron chi connectivity index (χ1n) is 8.77. The maximum absolute atomic E-state index is 13.2. The van der Waals surface area contributed by atoms with Crippen LogP contribution in [-0.4, -0.2) is 21.3 Å². The molecule has 0 N–H and O–H groups in total. The van der Waals surface area contributed by atoms with Gasteiger partial charge < -0.3 is 9.30 Å². The fourth-order valence-corrected chi connectivity index (χ4v) is 3.65. The number of esters is 1. The summed E-state index contributed by atoms with van der Waals surface area (Å²) in [5.41, 5.74) is 2.77. The molecule has 0 bridgehead atoms. The van der Waals surface area contributed by atoms with E-state index in [1.807, 2.05) is 47.0 Å². The fraction of sp³-hybridized carbons (Fsp3) is 0.0909. The van der Waals surface area contributed by atoms with Crippen molar-refractivity contribution >= 4 is 28.8 Å². The van der Waals surface area contributed by atoms with Crippen LogP contribution in [0, 0.1) is 5.82 Å². The van der Waals surface area contributed by atoms with Crippen molar-refractivity contribution in [1.29, 1.82) is 0 Å². The first-order chi connectivity index (χ1) is 13.7. The highest BCUT2D eigenvalue weighted by Crippen LogP contribution is 2.25. The highest BCUT2D eigenvalue weighted by molar-refractivity contribution is 7.99. The molecule has 0 saturated heterocycles. The van der Waals surface area contributed by atoms with E-state index in [4.69, 9.17) is 4.74 Å². The zero-order chi connectivity index (χ0) is 19.3. The molecule has 0 amide bonds. The van der Waals surface area contributed by atoms with Crippen LogP contribution < -0.4 is 4.74 Å². The normalized spacial score (nSPS) is 10.9. The molecule has 0 atom stereocenters. The van der Waals surface area contributed by atoms with Gasteiger partial charge in [-0.3, -0.25) is 4.79 Å². The van der Waals surface area contributed by atoms with Gasteiger partial charge in [-0.2, -0.15) is 0 Å². The van der Waals surface area contributed by atoms with Crippen LogP contribution in [0.3, 0.4) is 0 Å². The third kappa shape index (κ3) is 4.23. The summed E-state index contributed by atoms with van der Waals surface area (Å²) in [5.74, 6) is 0.0590. The molecule has 0 aliphatic heterocycles. The molecule has 0 fully saturated rings. The number of carbonyl (C=O) groups excluding carboxylic acids is 1. The minimum absolute atomic E-state index is 0.141. The van der Waals surface area contributed by atoms with Gasteiger partial charge in [-0.15, -0.1) is 0 Å². The molecule has 28 heavy (non-hydrogen) atoms. The first-order valence-corrected chi connectivity index (χ1v) is 9.76. The van der Waals surface area contributed by atoms with Crippen LogP contribution in [0.4, 0.5) is 4.39 Å². The molecular weight excluding hydrogens is 375 g/mol. The molecule has 4 nitrogen and oxygen atoms in total. The molecule has 0 unspecified atom stereocenters. The van der Waals surface area contributed by atoms with Crippen LogP contribution in [0.2, 0.25) is 0 Å². The van der Waals surface area contributed by atoms with E-state index in [-0.39, 0.29) is 17.5 Å². The summed E-state index contributed by atoms with van der Waals surface area (Å²) in [5, 5.41) is 0.718. The summed E-state index contributed by atoms with van der Waals surface area (Å²) < 4.78 is 20.6. The maximum Gasteiger partial charge on any atom is 0.321 e. The number of hydrogen-bond acceptors (Lipinski definition) is 4. The summed E-state index contributed by atoms with van der Waals surface area (Å²) in [7, 11) is 0. The van der Waals surface area contributed by atoms with Crippen molar-refractivity contribution in [3.63, 3.8) is 0 Å². The second-order valence-electron chi connectivity index (χ2n) is 6.17. The van der Waals surface area contributed by atoms with E-state index in [1.54, 1.807) is 24.3 Å². The highest BCUT2D eigenvalue weighted by Gasteiger charge is 2.14. The molecule has 0 radical (unpaired) electrons. The highest BCUT2D eigenvalue weighted by atomic mass is 32.2. The molecule has 1 aromatic heterocycles. The van der Waals surface area contributed by atoms with Crippen molar-refractivity contribution in [1.82, 2.24) is 9.55 Å². The second-order valence-corrected chi connectivity index (χ2v) is 7.11. The number of rotatable bonds is 6. The smallest absolute Gasteiger partial charge is 0.321 e. The molecule has 3 aromatic carbocycles. The molecule has 4 aromatic rings. The fourth-order valence-electron chi connectivity index (χ4n) is 2.86. The lowest BCUT2D eigenvalue weighted by molar-refractivity contribution is -0.131. The van der Waals surface area contributed by atoms with E-state index in [1.165, 1.54) is 23.9 Å². The van der Waals surface area contributed by atoms with Crippen LogP contribution in [0.25, 0.3) is 11.0 Å². The lowest BCUT2D eigenvalue weighted by atomic mass is 10.2. The molecule has 0 spiro atoms. The van der Waals surface area contributed by atoms with Gasteiger partial charge in [0.15, 0.2) is 5.16 Å². The lowest BCUT2D eigenvalue weighted by Gasteiger charge is -2.09.